The van der Waals surface area contributed by atoms with E-state index in [4.69, 9.17) is 10.2 Å². The number of hydrogen-bond acceptors (Lipinski definition) is 3. The third-order valence-corrected chi connectivity index (χ3v) is 1.70. The van der Waals surface area contributed by atoms with Crippen LogP contribution in [0.3, 0.4) is 0 Å². The molecule has 13 heavy (non-hydrogen) atoms. The molecule has 0 aromatic heterocycles. The Labute approximate surface area is 76.8 Å². The van der Waals surface area contributed by atoms with Crippen molar-refractivity contribution >= 4 is 11.9 Å². The molecular formula is C8H15NO4. The molecule has 2 atom stereocenters. The maximum Gasteiger partial charge on any atom is 0.320 e. The number of carboxylic acids is 2. The highest BCUT2D eigenvalue weighted by Gasteiger charge is 2.21. The van der Waals surface area contributed by atoms with Gasteiger partial charge in [0.05, 0.1) is 0 Å². The molecular weight excluding hydrogens is 174 g/mol. The highest BCUT2D eigenvalue weighted by molar-refractivity contribution is 5.77. The Morgan fingerprint density at radius 3 is 2.15 bits per heavy atom. The Hall–Kier alpha value is -1.10. The molecule has 0 bridgehead atoms. The summed E-state index contributed by atoms with van der Waals surface area (Å²) in [5.74, 6) is -2.04. The van der Waals surface area contributed by atoms with Crippen molar-refractivity contribution in [1.29, 1.82) is 0 Å². The topological polar surface area (TPSA) is 86.6 Å². The van der Waals surface area contributed by atoms with Crippen LogP contribution in [0.15, 0.2) is 0 Å². The molecule has 0 unspecified atom stereocenters. The summed E-state index contributed by atoms with van der Waals surface area (Å²) in [6.45, 7) is 3.27. The van der Waals surface area contributed by atoms with Gasteiger partial charge in [-0.3, -0.25) is 14.9 Å². The first kappa shape index (κ1) is 11.9. The van der Waals surface area contributed by atoms with Gasteiger partial charge in [-0.1, -0.05) is 13.3 Å². The summed E-state index contributed by atoms with van der Waals surface area (Å²) in [6, 6.07) is -1.59. The molecule has 76 valence electrons. The first-order chi connectivity index (χ1) is 5.99. The smallest absolute Gasteiger partial charge is 0.320 e. The van der Waals surface area contributed by atoms with E-state index in [1.807, 2.05) is 6.92 Å². The minimum absolute atomic E-state index is 0.437. The van der Waals surface area contributed by atoms with Crippen molar-refractivity contribution in [3.8, 4) is 0 Å². The van der Waals surface area contributed by atoms with Crippen molar-refractivity contribution in [2.24, 2.45) is 0 Å². The highest BCUT2D eigenvalue weighted by Crippen LogP contribution is 1.98. The van der Waals surface area contributed by atoms with E-state index in [9.17, 15) is 9.59 Å². The fraction of sp³-hybridized carbons (Fsp3) is 0.750. The zero-order valence-corrected chi connectivity index (χ0v) is 7.78. The summed E-state index contributed by atoms with van der Waals surface area (Å²) in [4.78, 5) is 21.0. The SMILES string of the molecule is CCC[C@H](N[C@@H](C)C(=O)O)C(=O)O. The van der Waals surface area contributed by atoms with Gasteiger partial charge < -0.3 is 10.2 Å². The number of hydrogen-bond donors (Lipinski definition) is 3. The van der Waals surface area contributed by atoms with Crippen LogP contribution in [0, 0.1) is 0 Å². The lowest BCUT2D eigenvalue weighted by molar-refractivity contribution is -0.142. The molecule has 0 rings (SSSR count). The molecule has 0 amide bonds. The molecule has 0 aliphatic heterocycles. The predicted octanol–water partition coefficient (Wildman–Crippen LogP) is 0.302. The van der Waals surface area contributed by atoms with Crippen LogP contribution < -0.4 is 5.32 Å². The number of carboxylic acid groups (broad SMARTS) is 2. The molecule has 0 radical (unpaired) electrons. The molecule has 0 aromatic rings. The summed E-state index contributed by atoms with van der Waals surface area (Å²) >= 11 is 0. The van der Waals surface area contributed by atoms with E-state index in [1.165, 1.54) is 6.92 Å². The van der Waals surface area contributed by atoms with Crippen LogP contribution in [0.2, 0.25) is 0 Å². The van der Waals surface area contributed by atoms with Gasteiger partial charge in [0, 0.05) is 0 Å². The summed E-state index contributed by atoms with van der Waals surface area (Å²) in [7, 11) is 0. The summed E-state index contributed by atoms with van der Waals surface area (Å²) in [5, 5.41) is 19.7. The summed E-state index contributed by atoms with van der Waals surface area (Å²) < 4.78 is 0. The van der Waals surface area contributed by atoms with E-state index in [2.05, 4.69) is 5.32 Å². The van der Waals surface area contributed by atoms with Crippen LogP contribution in [0.4, 0.5) is 0 Å². The molecule has 0 heterocycles. The van der Waals surface area contributed by atoms with Crippen molar-refractivity contribution in [3.63, 3.8) is 0 Å². The second-order valence-corrected chi connectivity index (χ2v) is 2.91. The minimum Gasteiger partial charge on any atom is -0.480 e. The van der Waals surface area contributed by atoms with Crippen LogP contribution in [-0.2, 0) is 9.59 Å². The highest BCUT2D eigenvalue weighted by atomic mass is 16.4. The molecule has 0 aliphatic rings. The first-order valence-corrected chi connectivity index (χ1v) is 4.20. The van der Waals surface area contributed by atoms with Crippen LogP contribution >= 0.6 is 0 Å². The largest absolute Gasteiger partial charge is 0.480 e. The minimum atomic E-state index is -1.04. The van der Waals surface area contributed by atoms with Gasteiger partial charge in [-0.2, -0.15) is 0 Å². The lowest BCUT2D eigenvalue weighted by Gasteiger charge is -2.16. The number of carbonyl (C=O) groups is 2. The van der Waals surface area contributed by atoms with Crippen molar-refractivity contribution < 1.29 is 19.8 Å². The van der Waals surface area contributed by atoms with Crippen molar-refractivity contribution in [2.75, 3.05) is 0 Å². The molecule has 0 saturated heterocycles. The standard InChI is InChI=1S/C8H15NO4/c1-3-4-6(8(12)13)9-5(2)7(10)11/h5-6,9H,3-4H2,1-2H3,(H,10,11)(H,12,13)/t5-,6-/m0/s1. The van der Waals surface area contributed by atoms with E-state index < -0.39 is 24.0 Å². The van der Waals surface area contributed by atoms with Crippen LogP contribution in [0.1, 0.15) is 26.7 Å². The molecule has 0 spiro atoms. The van der Waals surface area contributed by atoms with Gasteiger partial charge in [0.1, 0.15) is 12.1 Å². The molecule has 5 heteroatoms. The zero-order valence-electron chi connectivity index (χ0n) is 7.78. The van der Waals surface area contributed by atoms with Crippen molar-refractivity contribution in [2.45, 2.75) is 38.8 Å². The Bertz CT molecular complexity index is 193. The summed E-state index contributed by atoms with van der Waals surface area (Å²) in [6.07, 6.45) is 1.14. The zero-order chi connectivity index (χ0) is 10.4. The first-order valence-electron chi connectivity index (χ1n) is 4.20. The number of rotatable bonds is 6. The Kier molecular flexibility index (Phi) is 5.06. The van der Waals surface area contributed by atoms with E-state index in [-0.39, 0.29) is 0 Å². The molecule has 3 N–H and O–H groups in total. The van der Waals surface area contributed by atoms with Gasteiger partial charge in [-0.05, 0) is 13.3 Å². The maximum atomic E-state index is 10.6. The van der Waals surface area contributed by atoms with Gasteiger partial charge in [0.25, 0.3) is 0 Å². The molecule has 5 nitrogen and oxygen atoms in total. The molecule has 0 aromatic carbocycles. The molecule has 0 aliphatic carbocycles. The molecule has 0 fully saturated rings. The third-order valence-electron chi connectivity index (χ3n) is 1.70. The summed E-state index contributed by atoms with van der Waals surface area (Å²) in [5.41, 5.74) is 0. The van der Waals surface area contributed by atoms with Gasteiger partial charge in [-0.15, -0.1) is 0 Å². The molecule has 0 saturated carbocycles. The Morgan fingerprint density at radius 2 is 1.85 bits per heavy atom. The van der Waals surface area contributed by atoms with E-state index in [0.717, 1.165) is 0 Å². The van der Waals surface area contributed by atoms with Gasteiger partial charge in [0.15, 0.2) is 0 Å². The van der Waals surface area contributed by atoms with Crippen molar-refractivity contribution in [1.82, 2.24) is 5.32 Å². The Balaban J connectivity index is 4.09. The fourth-order valence-electron chi connectivity index (χ4n) is 0.940. The predicted molar refractivity (Wildman–Crippen MR) is 46.6 cm³/mol. The normalized spacial score (nSPS) is 14.9. The lowest BCUT2D eigenvalue weighted by atomic mass is 10.1. The second-order valence-electron chi connectivity index (χ2n) is 2.91. The van der Waals surface area contributed by atoms with Gasteiger partial charge in [-0.25, -0.2) is 0 Å². The van der Waals surface area contributed by atoms with E-state index >= 15 is 0 Å². The lowest BCUT2D eigenvalue weighted by Crippen LogP contribution is -2.45. The quantitative estimate of drug-likeness (QED) is 0.559. The Morgan fingerprint density at radius 1 is 1.31 bits per heavy atom. The average Bonchev–Trinajstić information content (AvgIpc) is 2.03. The number of nitrogens with one attached hydrogen (secondary N) is 1. The van der Waals surface area contributed by atoms with Gasteiger partial charge in [0.2, 0.25) is 0 Å². The maximum absolute atomic E-state index is 10.6. The van der Waals surface area contributed by atoms with Crippen LogP contribution in [0.25, 0.3) is 0 Å². The fourth-order valence-corrected chi connectivity index (χ4v) is 0.940. The van der Waals surface area contributed by atoms with Gasteiger partial charge >= 0.3 is 11.9 Å². The number of aliphatic carboxylic acids is 2. The van der Waals surface area contributed by atoms with E-state index in [1.54, 1.807) is 0 Å². The van der Waals surface area contributed by atoms with E-state index in [0.29, 0.717) is 12.8 Å². The monoisotopic (exact) mass is 189 g/mol. The van der Waals surface area contributed by atoms with Crippen LogP contribution in [0.5, 0.6) is 0 Å². The average molecular weight is 189 g/mol. The second kappa shape index (κ2) is 5.53. The van der Waals surface area contributed by atoms with Crippen molar-refractivity contribution in [3.05, 3.63) is 0 Å². The van der Waals surface area contributed by atoms with Crippen LogP contribution in [-0.4, -0.2) is 34.2 Å². The third kappa shape index (κ3) is 4.47.